The molecule has 1 saturated heterocycles. The molecular weight excluding hydrogens is 292 g/mol. The van der Waals surface area contributed by atoms with Gasteiger partial charge in [0.2, 0.25) is 0 Å². The Kier molecular flexibility index (Phi) is 4.81. The summed E-state index contributed by atoms with van der Waals surface area (Å²) in [6.45, 7) is 5.48. The highest BCUT2D eigenvalue weighted by Gasteiger charge is 2.27. The highest BCUT2D eigenvalue weighted by atomic mass is 16.3. The first-order valence-corrected chi connectivity index (χ1v) is 8.28. The smallest absolute Gasteiger partial charge is 0.274 e. The molecule has 124 valence electrons. The number of hydrogen-bond acceptors (Lipinski definition) is 4. The van der Waals surface area contributed by atoms with Crippen molar-refractivity contribution in [3.63, 3.8) is 0 Å². The van der Waals surface area contributed by atoms with Crippen molar-refractivity contribution >= 4 is 5.91 Å². The molecule has 0 aliphatic carbocycles. The van der Waals surface area contributed by atoms with Gasteiger partial charge in [0, 0.05) is 32.2 Å². The van der Waals surface area contributed by atoms with Gasteiger partial charge in [-0.15, -0.1) is 0 Å². The molecule has 0 saturated carbocycles. The maximum Gasteiger partial charge on any atom is 0.274 e. The van der Waals surface area contributed by atoms with Gasteiger partial charge in [0.05, 0.1) is 6.26 Å². The summed E-state index contributed by atoms with van der Waals surface area (Å²) in [5, 5.41) is 7.02. The molecule has 6 heteroatoms. The molecule has 3 rings (SSSR count). The number of hydrogen-bond donors (Lipinski definition) is 1. The van der Waals surface area contributed by atoms with Gasteiger partial charge >= 0.3 is 0 Å². The third kappa shape index (κ3) is 3.47. The third-order valence-corrected chi connectivity index (χ3v) is 4.55. The van der Waals surface area contributed by atoms with Crippen LogP contribution in [0.5, 0.6) is 0 Å². The van der Waals surface area contributed by atoms with Crippen LogP contribution in [0.3, 0.4) is 0 Å². The summed E-state index contributed by atoms with van der Waals surface area (Å²) < 4.78 is 5.32. The third-order valence-electron chi connectivity index (χ3n) is 4.55. The predicted octanol–water partition coefficient (Wildman–Crippen LogP) is 2.62. The van der Waals surface area contributed by atoms with Crippen molar-refractivity contribution in [2.75, 3.05) is 26.7 Å². The lowest BCUT2D eigenvalue weighted by Crippen LogP contribution is -2.45. The van der Waals surface area contributed by atoms with E-state index in [-0.39, 0.29) is 5.91 Å². The number of carbonyl (C=O) groups is 1. The van der Waals surface area contributed by atoms with Gasteiger partial charge in [0.15, 0.2) is 11.5 Å². The van der Waals surface area contributed by atoms with E-state index in [9.17, 15) is 4.79 Å². The summed E-state index contributed by atoms with van der Waals surface area (Å²) in [4.78, 5) is 16.9. The van der Waals surface area contributed by atoms with Crippen LogP contribution in [0, 0.1) is 0 Å². The zero-order valence-electron chi connectivity index (χ0n) is 13.8. The monoisotopic (exact) mass is 316 g/mol. The SMILES string of the molecule is CCCN1CCC(N(C)C(=O)c2cc(-c3ccco3)[nH]n2)CC1. The van der Waals surface area contributed by atoms with Crippen molar-refractivity contribution in [2.45, 2.75) is 32.2 Å². The zero-order chi connectivity index (χ0) is 16.2. The second kappa shape index (κ2) is 7.00. The van der Waals surface area contributed by atoms with Crippen LogP contribution in [0.1, 0.15) is 36.7 Å². The Morgan fingerprint density at radius 3 is 2.91 bits per heavy atom. The fourth-order valence-electron chi connectivity index (χ4n) is 3.18. The molecule has 0 atom stereocenters. The molecule has 1 N–H and O–H groups in total. The first-order valence-electron chi connectivity index (χ1n) is 8.28. The van der Waals surface area contributed by atoms with Crippen molar-refractivity contribution < 1.29 is 9.21 Å². The molecule has 0 radical (unpaired) electrons. The Balaban J connectivity index is 1.62. The minimum atomic E-state index is -0.0343. The molecule has 1 aliphatic heterocycles. The van der Waals surface area contributed by atoms with E-state index in [4.69, 9.17) is 4.42 Å². The summed E-state index contributed by atoms with van der Waals surface area (Å²) in [6, 6.07) is 5.70. The fourth-order valence-corrected chi connectivity index (χ4v) is 3.18. The van der Waals surface area contributed by atoms with Crippen LogP contribution in [-0.4, -0.2) is 58.6 Å². The lowest BCUT2D eigenvalue weighted by atomic mass is 10.0. The summed E-state index contributed by atoms with van der Waals surface area (Å²) in [6.07, 6.45) is 4.84. The van der Waals surface area contributed by atoms with Crippen LogP contribution in [0.25, 0.3) is 11.5 Å². The molecule has 0 spiro atoms. The van der Waals surface area contributed by atoms with Crippen LogP contribution in [0.15, 0.2) is 28.9 Å². The molecule has 1 amide bonds. The van der Waals surface area contributed by atoms with E-state index in [1.165, 1.54) is 6.42 Å². The lowest BCUT2D eigenvalue weighted by Gasteiger charge is -2.36. The Morgan fingerprint density at radius 2 is 2.26 bits per heavy atom. The number of nitrogens with zero attached hydrogens (tertiary/aromatic N) is 3. The van der Waals surface area contributed by atoms with Gasteiger partial charge in [0.1, 0.15) is 5.69 Å². The normalized spacial score (nSPS) is 16.6. The predicted molar refractivity (Wildman–Crippen MR) is 88.1 cm³/mol. The van der Waals surface area contributed by atoms with E-state index in [0.29, 0.717) is 17.5 Å². The summed E-state index contributed by atoms with van der Waals surface area (Å²) >= 11 is 0. The number of nitrogens with one attached hydrogen (secondary N) is 1. The number of likely N-dealkylation sites (tertiary alicyclic amines) is 1. The molecule has 1 aliphatic rings. The molecule has 0 bridgehead atoms. The molecule has 1 fully saturated rings. The minimum Gasteiger partial charge on any atom is -0.463 e. The first-order chi connectivity index (χ1) is 11.2. The Hall–Kier alpha value is -2.08. The maximum atomic E-state index is 12.6. The molecule has 3 heterocycles. The molecule has 0 aromatic carbocycles. The Labute approximate surface area is 136 Å². The Morgan fingerprint density at radius 1 is 1.48 bits per heavy atom. The number of furan rings is 1. The van der Waals surface area contributed by atoms with Crippen LogP contribution in [-0.2, 0) is 0 Å². The molecule has 6 nitrogen and oxygen atoms in total. The molecule has 23 heavy (non-hydrogen) atoms. The van der Waals surface area contributed by atoms with Crippen molar-refractivity contribution in [2.24, 2.45) is 0 Å². The summed E-state index contributed by atoms with van der Waals surface area (Å²) in [5.41, 5.74) is 1.17. The van der Waals surface area contributed by atoms with Gasteiger partial charge in [-0.25, -0.2) is 0 Å². The molecule has 2 aromatic rings. The summed E-state index contributed by atoms with van der Waals surface area (Å²) in [7, 11) is 1.88. The topological polar surface area (TPSA) is 65.4 Å². The summed E-state index contributed by atoms with van der Waals surface area (Å²) in [5.74, 6) is 0.653. The van der Waals surface area contributed by atoms with Crippen molar-refractivity contribution in [3.8, 4) is 11.5 Å². The number of aromatic nitrogens is 2. The van der Waals surface area contributed by atoms with Gasteiger partial charge < -0.3 is 14.2 Å². The van der Waals surface area contributed by atoms with Gasteiger partial charge in [-0.05, 0) is 37.9 Å². The van der Waals surface area contributed by atoms with Gasteiger partial charge in [0.25, 0.3) is 5.91 Å². The van der Waals surface area contributed by atoms with Crippen molar-refractivity contribution in [1.29, 1.82) is 0 Å². The van der Waals surface area contributed by atoms with E-state index >= 15 is 0 Å². The Bertz CT molecular complexity index is 627. The van der Waals surface area contributed by atoms with Crippen molar-refractivity contribution in [1.82, 2.24) is 20.0 Å². The highest BCUT2D eigenvalue weighted by Crippen LogP contribution is 2.21. The van der Waals surface area contributed by atoms with E-state index in [2.05, 4.69) is 22.0 Å². The van der Waals surface area contributed by atoms with Crippen LogP contribution < -0.4 is 0 Å². The quantitative estimate of drug-likeness (QED) is 0.921. The maximum absolute atomic E-state index is 12.6. The van der Waals surface area contributed by atoms with Gasteiger partial charge in [-0.3, -0.25) is 9.89 Å². The number of carbonyl (C=O) groups excluding carboxylic acids is 1. The van der Waals surface area contributed by atoms with Crippen LogP contribution in [0.2, 0.25) is 0 Å². The number of rotatable bonds is 5. The first kappa shape index (κ1) is 15.8. The number of amides is 1. The lowest BCUT2D eigenvalue weighted by molar-refractivity contribution is 0.0637. The second-order valence-electron chi connectivity index (χ2n) is 6.13. The average molecular weight is 316 g/mol. The molecule has 2 aromatic heterocycles. The van der Waals surface area contributed by atoms with E-state index in [0.717, 1.165) is 38.2 Å². The van der Waals surface area contributed by atoms with E-state index in [1.54, 1.807) is 12.3 Å². The number of piperidine rings is 1. The molecular formula is C17H24N4O2. The standard InChI is InChI=1S/C17H24N4O2/c1-3-8-21-9-6-13(7-10-21)20(2)17(22)15-12-14(18-19-15)16-5-4-11-23-16/h4-5,11-13H,3,6-10H2,1-2H3,(H,18,19). The highest BCUT2D eigenvalue weighted by molar-refractivity contribution is 5.93. The largest absolute Gasteiger partial charge is 0.463 e. The minimum absolute atomic E-state index is 0.0343. The molecule has 0 unspecified atom stereocenters. The van der Waals surface area contributed by atoms with Crippen LogP contribution in [0.4, 0.5) is 0 Å². The van der Waals surface area contributed by atoms with E-state index < -0.39 is 0 Å². The van der Waals surface area contributed by atoms with Gasteiger partial charge in [-0.2, -0.15) is 5.10 Å². The number of H-pyrrole nitrogens is 1. The van der Waals surface area contributed by atoms with Crippen molar-refractivity contribution in [3.05, 3.63) is 30.2 Å². The van der Waals surface area contributed by atoms with Gasteiger partial charge in [-0.1, -0.05) is 6.92 Å². The second-order valence-corrected chi connectivity index (χ2v) is 6.13. The fraction of sp³-hybridized carbons (Fsp3) is 0.529. The zero-order valence-corrected chi connectivity index (χ0v) is 13.8. The number of aromatic amines is 1. The van der Waals surface area contributed by atoms with E-state index in [1.807, 2.05) is 24.1 Å². The average Bonchev–Trinajstić information content (AvgIpc) is 3.25. The van der Waals surface area contributed by atoms with Crippen LogP contribution >= 0.6 is 0 Å².